The van der Waals surface area contributed by atoms with Gasteiger partial charge in [-0.15, -0.1) is 0 Å². The Kier molecular flexibility index (Phi) is 5.09. The van der Waals surface area contributed by atoms with Crippen LogP contribution < -0.4 is 0 Å². The number of nitriles is 1. The normalized spacial score (nSPS) is 23.9. The maximum atomic E-state index is 11.9. The molecule has 0 aromatic heterocycles. The summed E-state index contributed by atoms with van der Waals surface area (Å²) in [5, 5.41) is 8.32. The monoisotopic (exact) mass is 262 g/mol. The molecule has 1 rings (SSSR count). The number of carbonyl (C=O) groups excluding carboxylic acids is 1. The molecular formula is C9H15N2O5P. The summed E-state index contributed by atoms with van der Waals surface area (Å²) < 4.78 is 22.3. The summed E-state index contributed by atoms with van der Waals surface area (Å²) in [4.78, 5) is 21.1. The predicted molar refractivity (Wildman–Crippen MR) is 57.8 cm³/mol. The number of rotatable bonds is 5. The van der Waals surface area contributed by atoms with Gasteiger partial charge in [0.2, 0.25) is 0 Å². The fourth-order valence-electron chi connectivity index (χ4n) is 1.71. The van der Waals surface area contributed by atoms with E-state index in [1.54, 1.807) is 0 Å². The SMILES string of the molecule is COC(=O)C1CCCN1P(=O)(O)OCCC#N. The summed E-state index contributed by atoms with van der Waals surface area (Å²) in [6.07, 6.45) is 1.13. The maximum Gasteiger partial charge on any atom is 0.406 e. The number of esters is 1. The second-order valence-electron chi connectivity index (χ2n) is 3.58. The minimum atomic E-state index is -4.01. The topological polar surface area (TPSA) is 99.9 Å². The van der Waals surface area contributed by atoms with E-state index in [-0.39, 0.29) is 13.0 Å². The van der Waals surface area contributed by atoms with E-state index in [1.807, 2.05) is 6.07 Å². The summed E-state index contributed by atoms with van der Waals surface area (Å²) >= 11 is 0. The van der Waals surface area contributed by atoms with Crippen LogP contribution in [0.5, 0.6) is 0 Å². The zero-order valence-electron chi connectivity index (χ0n) is 9.53. The largest absolute Gasteiger partial charge is 0.468 e. The molecule has 1 N–H and O–H groups in total. The number of hydrogen-bond acceptors (Lipinski definition) is 5. The van der Waals surface area contributed by atoms with Crippen molar-refractivity contribution in [3.8, 4) is 6.07 Å². The molecule has 0 bridgehead atoms. The van der Waals surface area contributed by atoms with Crippen molar-refractivity contribution >= 4 is 13.7 Å². The Labute approximate surface area is 99.5 Å². The van der Waals surface area contributed by atoms with Crippen LogP contribution >= 0.6 is 7.75 Å². The predicted octanol–water partition coefficient (Wildman–Crippen LogP) is 0.654. The van der Waals surface area contributed by atoms with E-state index in [0.29, 0.717) is 19.4 Å². The third-order valence-electron chi connectivity index (χ3n) is 2.50. The third-order valence-corrected chi connectivity index (χ3v) is 4.14. The van der Waals surface area contributed by atoms with Crippen molar-refractivity contribution in [1.82, 2.24) is 4.67 Å². The highest BCUT2D eigenvalue weighted by atomic mass is 31.2. The first-order chi connectivity index (χ1) is 8.03. The number of nitrogens with zero attached hydrogens (tertiary/aromatic N) is 2. The van der Waals surface area contributed by atoms with Crippen LogP contribution in [0.4, 0.5) is 0 Å². The molecule has 1 heterocycles. The summed E-state index contributed by atoms with van der Waals surface area (Å²) in [5.74, 6) is -0.541. The third kappa shape index (κ3) is 3.51. The van der Waals surface area contributed by atoms with Crippen molar-refractivity contribution in [1.29, 1.82) is 5.26 Å². The van der Waals surface area contributed by atoms with E-state index in [9.17, 15) is 14.3 Å². The van der Waals surface area contributed by atoms with Crippen molar-refractivity contribution in [3.05, 3.63) is 0 Å². The first-order valence-electron chi connectivity index (χ1n) is 5.22. The molecule has 2 unspecified atom stereocenters. The lowest BCUT2D eigenvalue weighted by Crippen LogP contribution is -2.35. The Balaban J connectivity index is 2.66. The first-order valence-corrected chi connectivity index (χ1v) is 6.75. The quantitative estimate of drug-likeness (QED) is 0.441. The van der Waals surface area contributed by atoms with Crippen LogP contribution in [0.1, 0.15) is 19.3 Å². The Morgan fingerprint density at radius 1 is 1.71 bits per heavy atom. The lowest BCUT2D eigenvalue weighted by Gasteiger charge is -2.26. The van der Waals surface area contributed by atoms with E-state index in [0.717, 1.165) is 4.67 Å². The second kappa shape index (κ2) is 6.12. The number of carbonyl (C=O) groups is 1. The molecule has 1 aliphatic heterocycles. The summed E-state index contributed by atoms with van der Waals surface area (Å²) in [5.41, 5.74) is 0. The van der Waals surface area contributed by atoms with Crippen molar-refractivity contribution in [3.63, 3.8) is 0 Å². The highest BCUT2D eigenvalue weighted by molar-refractivity contribution is 7.50. The second-order valence-corrected chi connectivity index (χ2v) is 5.33. The molecular weight excluding hydrogens is 247 g/mol. The fourth-order valence-corrected chi connectivity index (χ4v) is 3.15. The number of ether oxygens (including phenoxy) is 1. The fraction of sp³-hybridized carbons (Fsp3) is 0.778. The average molecular weight is 262 g/mol. The van der Waals surface area contributed by atoms with Crippen LogP contribution in [0.2, 0.25) is 0 Å². The maximum absolute atomic E-state index is 11.9. The van der Waals surface area contributed by atoms with E-state index >= 15 is 0 Å². The van der Waals surface area contributed by atoms with Crippen LogP contribution in [-0.4, -0.2) is 41.8 Å². The van der Waals surface area contributed by atoms with Crippen LogP contribution in [0, 0.1) is 11.3 Å². The van der Waals surface area contributed by atoms with Crippen molar-refractivity contribution in [2.24, 2.45) is 0 Å². The molecule has 8 heteroatoms. The minimum Gasteiger partial charge on any atom is -0.468 e. The van der Waals surface area contributed by atoms with Gasteiger partial charge in [0, 0.05) is 6.54 Å². The average Bonchev–Trinajstić information content (AvgIpc) is 2.78. The Hall–Kier alpha value is -0.930. The molecule has 0 aromatic carbocycles. The Morgan fingerprint density at radius 2 is 2.41 bits per heavy atom. The van der Waals surface area contributed by atoms with Gasteiger partial charge < -0.3 is 9.63 Å². The van der Waals surface area contributed by atoms with Crippen molar-refractivity contribution < 1.29 is 23.5 Å². The van der Waals surface area contributed by atoms with Gasteiger partial charge in [0.1, 0.15) is 6.04 Å². The lowest BCUT2D eigenvalue weighted by atomic mass is 10.2. The molecule has 0 radical (unpaired) electrons. The smallest absolute Gasteiger partial charge is 0.406 e. The molecule has 0 spiro atoms. The van der Waals surface area contributed by atoms with Gasteiger partial charge in [-0.3, -0.25) is 9.32 Å². The van der Waals surface area contributed by atoms with Gasteiger partial charge in [-0.1, -0.05) is 0 Å². The van der Waals surface area contributed by atoms with Gasteiger partial charge in [-0.25, -0.2) is 4.57 Å². The van der Waals surface area contributed by atoms with E-state index < -0.39 is 19.8 Å². The van der Waals surface area contributed by atoms with Crippen LogP contribution in [0.15, 0.2) is 0 Å². The highest BCUT2D eigenvalue weighted by Crippen LogP contribution is 2.50. The van der Waals surface area contributed by atoms with Gasteiger partial charge in [0.05, 0.1) is 26.2 Å². The molecule has 1 aliphatic rings. The van der Waals surface area contributed by atoms with E-state index in [2.05, 4.69) is 4.74 Å². The lowest BCUT2D eigenvalue weighted by molar-refractivity contribution is -0.144. The van der Waals surface area contributed by atoms with Crippen LogP contribution in [0.25, 0.3) is 0 Å². The molecule has 17 heavy (non-hydrogen) atoms. The first kappa shape index (κ1) is 14.1. The molecule has 0 aromatic rings. The number of methoxy groups -OCH3 is 1. The summed E-state index contributed by atoms with van der Waals surface area (Å²) in [7, 11) is -2.78. The molecule has 1 fully saturated rings. The van der Waals surface area contributed by atoms with Gasteiger partial charge in [0.15, 0.2) is 0 Å². The minimum absolute atomic E-state index is 0.0290. The zero-order valence-corrected chi connectivity index (χ0v) is 10.4. The molecule has 7 nitrogen and oxygen atoms in total. The molecule has 0 aliphatic carbocycles. The molecule has 0 saturated carbocycles. The van der Waals surface area contributed by atoms with E-state index in [4.69, 9.17) is 9.79 Å². The van der Waals surface area contributed by atoms with E-state index in [1.165, 1.54) is 7.11 Å². The van der Waals surface area contributed by atoms with Crippen LogP contribution in [0.3, 0.4) is 0 Å². The highest BCUT2D eigenvalue weighted by Gasteiger charge is 2.43. The zero-order chi connectivity index (χ0) is 12.9. The Bertz CT molecular complexity index is 367. The van der Waals surface area contributed by atoms with Gasteiger partial charge in [-0.05, 0) is 12.8 Å². The van der Waals surface area contributed by atoms with Crippen LogP contribution in [-0.2, 0) is 18.6 Å². The van der Waals surface area contributed by atoms with Crippen molar-refractivity contribution in [2.75, 3.05) is 20.3 Å². The van der Waals surface area contributed by atoms with Gasteiger partial charge >= 0.3 is 13.7 Å². The molecule has 0 amide bonds. The van der Waals surface area contributed by atoms with Crippen molar-refractivity contribution in [2.45, 2.75) is 25.3 Å². The Morgan fingerprint density at radius 3 is 3.00 bits per heavy atom. The molecule has 1 saturated heterocycles. The summed E-state index contributed by atoms with van der Waals surface area (Å²) in [6.45, 7) is 0.175. The standard InChI is InChI=1S/C9H15N2O5P/c1-15-9(12)8-4-2-6-11(8)17(13,14)16-7-3-5-10/h8H,2-4,6-7H2,1H3,(H,13,14). The summed E-state index contributed by atoms with van der Waals surface area (Å²) in [6, 6.07) is 1.07. The van der Waals surface area contributed by atoms with Gasteiger partial charge in [0.25, 0.3) is 0 Å². The van der Waals surface area contributed by atoms with Gasteiger partial charge in [-0.2, -0.15) is 9.93 Å². The molecule has 96 valence electrons. The molecule has 2 atom stereocenters. The number of hydrogen-bond donors (Lipinski definition) is 1.